The number of halogens is 2. The first-order chi connectivity index (χ1) is 8.22. The van der Waals surface area contributed by atoms with Gasteiger partial charge < -0.3 is 5.32 Å². The number of hydrogen-bond donors (Lipinski definition) is 1. The summed E-state index contributed by atoms with van der Waals surface area (Å²) in [5.41, 5.74) is 1.08. The average Bonchev–Trinajstić information content (AvgIpc) is 3.14. The van der Waals surface area contributed by atoms with Crippen LogP contribution in [0.25, 0.3) is 0 Å². The second-order valence-corrected chi connectivity index (χ2v) is 5.63. The average molecular weight is 300 g/mol. The number of nitrogens with one attached hydrogen (secondary N) is 1. The van der Waals surface area contributed by atoms with E-state index in [0.29, 0.717) is 10.5 Å². The van der Waals surface area contributed by atoms with E-state index in [1.807, 2.05) is 13.1 Å². The van der Waals surface area contributed by atoms with Crippen molar-refractivity contribution in [3.63, 3.8) is 0 Å². The van der Waals surface area contributed by atoms with Crippen LogP contribution in [0.3, 0.4) is 0 Å². The maximum atomic E-state index is 13.3. The van der Waals surface area contributed by atoms with Crippen LogP contribution in [-0.2, 0) is 6.42 Å². The maximum Gasteiger partial charge on any atom is 0.137 e. The summed E-state index contributed by atoms with van der Waals surface area (Å²) in [4.78, 5) is 0. The van der Waals surface area contributed by atoms with Gasteiger partial charge in [0.25, 0.3) is 0 Å². The number of rotatable bonds is 6. The lowest BCUT2D eigenvalue weighted by atomic mass is 10.0. The lowest BCUT2D eigenvalue weighted by Gasteiger charge is -2.15. The van der Waals surface area contributed by atoms with Crippen molar-refractivity contribution in [1.82, 2.24) is 5.32 Å². The van der Waals surface area contributed by atoms with Crippen molar-refractivity contribution in [2.45, 2.75) is 38.1 Å². The quantitative estimate of drug-likeness (QED) is 0.840. The molecule has 1 unspecified atom stereocenters. The molecule has 0 spiro atoms. The van der Waals surface area contributed by atoms with E-state index >= 15 is 0 Å². The standard InChI is InChI=1S/C14H19BrFN/c1-17-13(10-8-9-10)7-3-5-11-4-2-6-12(16)14(11)15/h2,4,6,10,13,17H,3,5,7-9H2,1H3. The van der Waals surface area contributed by atoms with Gasteiger partial charge in [0.2, 0.25) is 0 Å². The summed E-state index contributed by atoms with van der Waals surface area (Å²) in [6.45, 7) is 0. The number of hydrogen-bond acceptors (Lipinski definition) is 1. The third-order valence-electron chi connectivity index (χ3n) is 3.55. The summed E-state index contributed by atoms with van der Waals surface area (Å²) >= 11 is 3.32. The van der Waals surface area contributed by atoms with Crippen LogP contribution >= 0.6 is 15.9 Å². The Balaban J connectivity index is 1.83. The first-order valence-electron chi connectivity index (χ1n) is 6.32. The summed E-state index contributed by atoms with van der Waals surface area (Å²) in [7, 11) is 2.04. The van der Waals surface area contributed by atoms with Crippen molar-refractivity contribution in [3.8, 4) is 0 Å². The number of benzene rings is 1. The van der Waals surface area contributed by atoms with Crippen molar-refractivity contribution in [2.75, 3.05) is 7.05 Å². The molecule has 1 nitrogen and oxygen atoms in total. The fourth-order valence-electron chi connectivity index (χ4n) is 2.37. The van der Waals surface area contributed by atoms with Gasteiger partial charge in [-0.2, -0.15) is 0 Å². The van der Waals surface area contributed by atoms with Gasteiger partial charge in [0.1, 0.15) is 5.82 Å². The molecule has 1 aliphatic rings. The van der Waals surface area contributed by atoms with Crippen molar-refractivity contribution in [2.24, 2.45) is 5.92 Å². The molecular weight excluding hydrogens is 281 g/mol. The zero-order valence-electron chi connectivity index (χ0n) is 10.2. The monoisotopic (exact) mass is 299 g/mol. The topological polar surface area (TPSA) is 12.0 Å². The third kappa shape index (κ3) is 3.52. The minimum absolute atomic E-state index is 0.158. The molecule has 0 bridgehead atoms. The summed E-state index contributed by atoms with van der Waals surface area (Å²) in [6, 6.07) is 5.93. The van der Waals surface area contributed by atoms with Gasteiger partial charge in [-0.05, 0) is 72.6 Å². The first kappa shape index (κ1) is 13.0. The van der Waals surface area contributed by atoms with E-state index in [4.69, 9.17) is 0 Å². The highest BCUT2D eigenvalue weighted by Crippen LogP contribution is 2.34. The summed E-state index contributed by atoms with van der Waals surface area (Å²) in [6.07, 6.45) is 5.99. The molecule has 1 aromatic rings. The Morgan fingerprint density at radius 2 is 2.24 bits per heavy atom. The molecule has 1 N–H and O–H groups in total. The van der Waals surface area contributed by atoms with Crippen LogP contribution in [0.4, 0.5) is 4.39 Å². The lowest BCUT2D eigenvalue weighted by Crippen LogP contribution is -2.27. The molecule has 0 saturated heterocycles. The van der Waals surface area contributed by atoms with Crippen LogP contribution in [0, 0.1) is 11.7 Å². The minimum atomic E-state index is -0.158. The van der Waals surface area contributed by atoms with Crippen molar-refractivity contribution >= 4 is 15.9 Å². The summed E-state index contributed by atoms with van der Waals surface area (Å²) < 4.78 is 13.9. The maximum absolute atomic E-state index is 13.3. The molecule has 1 fully saturated rings. The molecule has 0 radical (unpaired) electrons. The van der Waals surface area contributed by atoms with Gasteiger partial charge >= 0.3 is 0 Å². The van der Waals surface area contributed by atoms with Crippen LogP contribution in [0.2, 0.25) is 0 Å². The normalized spacial score (nSPS) is 17.1. The molecule has 2 rings (SSSR count). The van der Waals surface area contributed by atoms with Crippen LogP contribution in [-0.4, -0.2) is 13.1 Å². The Morgan fingerprint density at radius 3 is 2.88 bits per heavy atom. The van der Waals surface area contributed by atoms with Crippen molar-refractivity contribution in [1.29, 1.82) is 0 Å². The Bertz CT molecular complexity index is 376. The number of aryl methyl sites for hydroxylation is 1. The molecule has 3 heteroatoms. The molecule has 0 heterocycles. The zero-order chi connectivity index (χ0) is 12.3. The Morgan fingerprint density at radius 1 is 1.47 bits per heavy atom. The molecule has 1 aliphatic carbocycles. The van der Waals surface area contributed by atoms with E-state index in [-0.39, 0.29) is 5.82 Å². The van der Waals surface area contributed by atoms with E-state index < -0.39 is 0 Å². The first-order valence-corrected chi connectivity index (χ1v) is 7.12. The molecule has 17 heavy (non-hydrogen) atoms. The molecule has 1 saturated carbocycles. The minimum Gasteiger partial charge on any atom is -0.317 e. The van der Waals surface area contributed by atoms with Crippen LogP contribution in [0.1, 0.15) is 31.2 Å². The highest BCUT2D eigenvalue weighted by Gasteiger charge is 2.29. The second-order valence-electron chi connectivity index (χ2n) is 4.84. The van der Waals surface area contributed by atoms with E-state index in [2.05, 4.69) is 21.2 Å². The fraction of sp³-hybridized carbons (Fsp3) is 0.571. The highest BCUT2D eigenvalue weighted by atomic mass is 79.9. The predicted molar refractivity (Wildman–Crippen MR) is 72.6 cm³/mol. The van der Waals surface area contributed by atoms with E-state index in [1.165, 1.54) is 25.3 Å². The molecular formula is C14H19BrFN. The molecule has 1 aromatic carbocycles. The Labute approximate surface area is 111 Å². The second kappa shape index (κ2) is 5.96. The van der Waals surface area contributed by atoms with E-state index in [1.54, 1.807) is 6.07 Å². The molecule has 0 aliphatic heterocycles. The fourth-order valence-corrected chi connectivity index (χ4v) is 2.83. The van der Waals surface area contributed by atoms with Crippen molar-refractivity contribution < 1.29 is 4.39 Å². The molecule has 1 atom stereocenters. The summed E-state index contributed by atoms with van der Waals surface area (Å²) in [5, 5.41) is 3.39. The Hall–Kier alpha value is -0.410. The highest BCUT2D eigenvalue weighted by molar-refractivity contribution is 9.10. The lowest BCUT2D eigenvalue weighted by molar-refractivity contribution is 0.456. The Kier molecular flexibility index (Phi) is 4.57. The predicted octanol–water partition coefficient (Wildman–Crippen LogP) is 3.91. The van der Waals surface area contributed by atoms with Crippen LogP contribution in [0.5, 0.6) is 0 Å². The van der Waals surface area contributed by atoms with E-state index in [0.717, 1.165) is 24.3 Å². The van der Waals surface area contributed by atoms with Gasteiger partial charge in [-0.3, -0.25) is 0 Å². The van der Waals surface area contributed by atoms with Crippen LogP contribution in [0.15, 0.2) is 22.7 Å². The van der Waals surface area contributed by atoms with E-state index in [9.17, 15) is 4.39 Å². The molecule has 94 valence electrons. The third-order valence-corrected chi connectivity index (χ3v) is 4.44. The summed E-state index contributed by atoms with van der Waals surface area (Å²) in [5.74, 6) is 0.728. The van der Waals surface area contributed by atoms with Crippen LogP contribution < -0.4 is 5.32 Å². The van der Waals surface area contributed by atoms with Gasteiger partial charge in [0.05, 0.1) is 4.47 Å². The van der Waals surface area contributed by atoms with Gasteiger partial charge in [0, 0.05) is 6.04 Å². The van der Waals surface area contributed by atoms with Gasteiger partial charge in [-0.1, -0.05) is 12.1 Å². The smallest absolute Gasteiger partial charge is 0.137 e. The van der Waals surface area contributed by atoms with Crippen molar-refractivity contribution in [3.05, 3.63) is 34.1 Å². The van der Waals surface area contributed by atoms with Gasteiger partial charge in [-0.15, -0.1) is 0 Å². The SMILES string of the molecule is CNC(CCCc1cccc(F)c1Br)C1CC1. The zero-order valence-corrected chi connectivity index (χ0v) is 11.8. The van der Waals surface area contributed by atoms with Gasteiger partial charge in [-0.25, -0.2) is 4.39 Å². The largest absolute Gasteiger partial charge is 0.317 e. The molecule has 0 amide bonds. The van der Waals surface area contributed by atoms with Gasteiger partial charge in [0.15, 0.2) is 0 Å². The molecule has 0 aromatic heterocycles.